The summed E-state index contributed by atoms with van der Waals surface area (Å²) in [5, 5.41) is 30.1. The summed E-state index contributed by atoms with van der Waals surface area (Å²) >= 11 is 6.61. The van der Waals surface area contributed by atoms with Crippen LogP contribution >= 0.6 is 11.6 Å². The molecule has 2 aliphatic heterocycles. The van der Waals surface area contributed by atoms with Gasteiger partial charge in [0.05, 0.1) is 46.6 Å². The molecule has 11 heteroatoms. The van der Waals surface area contributed by atoms with Crippen molar-refractivity contribution in [3.63, 3.8) is 0 Å². The molecule has 0 spiro atoms. The van der Waals surface area contributed by atoms with Crippen molar-refractivity contribution in [3.05, 3.63) is 99.7 Å². The number of aromatic nitrogens is 1. The van der Waals surface area contributed by atoms with E-state index < -0.39 is 0 Å². The summed E-state index contributed by atoms with van der Waals surface area (Å²) in [5.74, 6) is 0.904. The first-order chi connectivity index (χ1) is 23.0. The first kappa shape index (κ1) is 31.8. The van der Waals surface area contributed by atoms with Gasteiger partial charge in [-0.1, -0.05) is 35.4 Å². The minimum Gasteiger partial charge on any atom is -0.487 e. The molecule has 0 radical (unpaired) electrons. The lowest BCUT2D eigenvalue weighted by Crippen LogP contribution is -2.26. The minimum absolute atomic E-state index is 0.106. The molecule has 6 rings (SSSR count). The number of nitrogens with zero attached hydrogens (tertiary/aromatic N) is 3. The molecule has 1 unspecified atom stereocenters. The zero-order valence-corrected chi connectivity index (χ0v) is 26.4. The molecule has 2 saturated heterocycles. The van der Waals surface area contributed by atoms with Gasteiger partial charge in [-0.25, -0.2) is 0 Å². The fraction of sp³-hybridized carbons (Fsp3) is 0.278. The number of benzene rings is 3. The Labute approximate surface area is 277 Å². The van der Waals surface area contributed by atoms with E-state index in [1.807, 2.05) is 24.3 Å². The van der Waals surface area contributed by atoms with Gasteiger partial charge >= 0.3 is 0 Å². The van der Waals surface area contributed by atoms with Gasteiger partial charge < -0.3 is 30.2 Å². The maximum atomic E-state index is 12.9. The van der Waals surface area contributed by atoms with Crippen LogP contribution in [0.4, 0.5) is 11.4 Å². The molecule has 238 valence electrons. The van der Waals surface area contributed by atoms with Crippen LogP contribution in [0.1, 0.15) is 41.5 Å². The van der Waals surface area contributed by atoms with Gasteiger partial charge in [0, 0.05) is 53.5 Å². The van der Waals surface area contributed by atoms with Gasteiger partial charge in [0.1, 0.15) is 30.3 Å². The molecule has 2 aliphatic rings. The highest BCUT2D eigenvalue weighted by Crippen LogP contribution is 2.36. The summed E-state index contributed by atoms with van der Waals surface area (Å²) in [6, 6.07) is 20.6. The SMILES string of the molecule is N#Cc1ccccc1COc1ccc(Nc2c(C#N)cnc3cc(OC4CCOC4)c(CNC(=O)C=C4CCNCC4)cc23)cc1Cl. The Morgan fingerprint density at radius 1 is 1.06 bits per heavy atom. The van der Waals surface area contributed by atoms with Crippen LogP contribution in [0, 0.1) is 22.7 Å². The van der Waals surface area contributed by atoms with Gasteiger partial charge in [-0.3, -0.25) is 9.78 Å². The second-order valence-electron chi connectivity index (χ2n) is 11.3. The number of rotatable bonds is 10. The number of carbonyl (C=O) groups excluding carboxylic acids is 1. The third-order valence-electron chi connectivity index (χ3n) is 8.11. The Morgan fingerprint density at radius 2 is 1.89 bits per heavy atom. The Morgan fingerprint density at radius 3 is 2.66 bits per heavy atom. The highest BCUT2D eigenvalue weighted by Gasteiger charge is 2.21. The van der Waals surface area contributed by atoms with E-state index in [9.17, 15) is 15.3 Å². The molecule has 1 amide bonds. The number of nitrogens with one attached hydrogen (secondary N) is 3. The Balaban J connectivity index is 1.27. The molecule has 4 aromatic rings. The molecule has 0 saturated carbocycles. The first-order valence-electron chi connectivity index (χ1n) is 15.5. The zero-order valence-electron chi connectivity index (χ0n) is 25.6. The highest BCUT2D eigenvalue weighted by molar-refractivity contribution is 6.32. The van der Waals surface area contributed by atoms with E-state index in [0.717, 1.165) is 49.1 Å². The highest BCUT2D eigenvalue weighted by atomic mass is 35.5. The van der Waals surface area contributed by atoms with E-state index in [-0.39, 0.29) is 25.2 Å². The predicted molar refractivity (Wildman–Crippen MR) is 179 cm³/mol. The van der Waals surface area contributed by atoms with E-state index in [1.165, 1.54) is 6.20 Å². The Bertz CT molecular complexity index is 1900. The lowest BCUT2D eigenvalue weighted by atomic mass is 10.0. The normalized spacial score (nSPS) is 15.8. The number of piperidine rings is 1. The van der Waals surface area contributed by atoms with E-state index in [0.29, 0.717) is 63.1 Å². The Hall–Kier alpha value is -5.13. The third kappa shape index (κ3) is 7.82. The predicted octanol–water partition coefficient (Wildman–Crippen LogP) is 6.05. The molecule has 1 atom stereocenters. The number of carbonyl (C=O) groups is 1. The number of amides is 1. The van der Waals surface area contributed by atoms with Crippen LogP contribution in [0.2, 0.25) is 5.02 Å². The third-order valence-corrected chi connectivity index (χ3v) is 8.40. The number of ether oxygens (including phenoxy) is 3. The van der Waals surface area contributed by atoms with Gasteiger partial charge in [-0.2, -0.15) is 10.5 Å². The van der Waals surface area contributed by atoms with E-state index in [2.05, 4.69) is 33.1 Å². The molecule has 47 heavy (non-hydrogen) atoms. The molecule has 0 bridgehead atoms. The number of nitriles is 2. The summed E-state index contributed by atoms with van der Waals surface area (Å²) in [7, 11) is 0. The molecular formula is C36H33ClN6O4. The monoisotopic (exact) mass is 648 g/mol. The standard InChI is InChI=1S/C36H33ClN6O4/c37-31-15-28(5-6-33(31)46-21-25-4-2-1-3-24(25)17-38)43-36-27(18-39)20-41-32-16-34(47-29-9-12-45-22-29)26(14-30(32)36)19-42-35(44)13-23-7-10-40-11-8-23/h1-6,13-16,20,29,40H,7-12,19,21-22H2,(H,41,43)(H,42,44). The molecule has 1 aromatic heterocycles. The van der Waals surface area contributed by atoms with Crippen molar-refractivity contribution < 1.29 is 19.0 Å². The van der Waals surface area contributed by atoms with Gasteiger partial charge in [0.15, 0.2) is 0 Å². The lowest BCUT2D eigenvalue weighted by molar-refractivity contribution is -0.116. The van der Waals surface area contributed by atoms with Crippen LogP contribution in [0.15, 0.2) is 72.4 Å². The smallest absolute Gasteiger partial charge is 0.244 e. The zero-order chi connectivity index (χ0) is 32.6. The number of anilines is 2. The second-order valence-corrected chi connectivity index (χ2v) is 11.7. The number of fused-ring (bicyclic) bond motifs is 1. The van der Waals surface area contributed by atoms with Crippen molar-refractivity contribution in [2.75, 3.05) is 31.6 Å². The quantitative estimate of drug-likeness (QED) is 0.175. The largest absolute Gasteiger partial charge is 0.487 e. The van der Waals surface area contributed by atoms with Crippen molar-refractivity contribution in [2.24, 2.45) is 0 Å². The molecule has 0 aliphatic carbocycles. The summed E-state index contributed by atoms with van der Waals surface area (Å²) < 4.78 is 17.8. The average Bonchev–Trinajstić information content (AvgIpc) is 3.61. The van der Waals surface area contributed by atoms with Gasteiger partial charge in [0.2, 0.25) is 5.91 Å². The molecule has 3 aromatic carbocycles. The average molecular weight is 649 g/mol. The second kappa shape index (κ2) is 15.0. The summed E-state index contributed by atoms with van der Waals surface area (Å²) in [6.07, 6.45) is 5.57. The summed E-state index contributed by atoms with van der Waals surface area (Å²) in [6.45, 7) is 3.27. The van der Waals surface area contributed by atoms with Crippen molar-refractivity contribution in [2.45, 2.75) is 38.5 Å². The number of pyridine rings is 1. The van der Waals surface area contributed by atoms with Crippen molar-refractivity contribution in [1.82, 2.24) is 15.6 Å². The Kier molecular flexibility index (Phi) is 10.1. The first-order valence-corrected chi connectivity index (χ1v) is 15.8. The molecule has 10 nitrogen and oxygen atoms in total. The molecular weight excluding hydrogens is 616 g/mol. The van der Waals surface area contributed by atoms with Crippen LogP contribution < -0.4 is 25.4 Å². The topological polar surface area (TPSA) is 141 Å². The fourth-order valence-corrected chi connectivity index (χ4v) is 5.81. The van der Waals surface area contributed by atoms with Crippen molar-refractivity contribution in [3.8, 4) is 23.6 Å². The number of halogens is 1. The maximum Gasteiger partial charge on any atom is 0.244 e. The molecule has 3 N–H and O–H groups in total. The summed E-state index contributed by atoms with van der Waals surface area (Å²) in [5.41, 5.74) is 5.31. The van der Waals surface area contributed by atoms with Crippen LogP contribution in [0.5, 0.6) is 11.5 Å². The van der Waals surface area contributed by atoms with Gasteiger partial charge in [0.25, 0.3) is 0 Å². The van der Waals surface area contributed by atoms with E-state index >= 15 is 0 Å². The van der Waals surface area contributed by atoms with Crippen molar-refractivity contribution >= 4 is 39.8 Å². The van der Waals surface area contributed by atoms with Crippen LogP contribution in [-0.2, 0) is 22.7 Å². The molecule has 3 heterocycles. The molecule has 2 fully saturated rings. The number of hydrogen-bond donors (Lipinski definition) is 3. The fourth-order valence-electron chi connectivity index (χ4n) is 5.58. The minimum atomic E-state index is -0.160. The summed E-state index contributed by atoms with van der Waals surface area (Å²) in [4.78, 5) is 17.4. The van der Waals surface area contributed by atoms with E-state index in [1.54, 1.807) is 36.4 Å². The lowest BCUT2D eigenvalue weighted by Gasteiger charge is -2.19. The van der Waals surface area contributed by atoms with Gasteiger partial charge in [-0.05, 0) is 56.3 Å². The van der Waals surface area contributed by atoms with Crippen LogP contribution in [0.25, 0.3) is 10.9 Å². The van der Waals surface area contributed by atoms with E-state index in [4.69, 9.17) is 25.8 Å². The van der Waals surface area contributed by atoms with Gasteiger partial charge in [-0.15, -0.1) is 0 Å². The maximum absolute atomic E-state index is 12.9. The van der Waals surface area contributed by atoms with Crippen LogP contribution in [-0.4, -0.2) is 43.3 Å². The number of hydrogen-bond acceptors (Lipinski definition) is 9. The van der Waals surface area contributed by atoms with Crippen LogP contribution in [0.3, 0.4) is 0 Å². The van der Waals surface area contributed by atoms with Crippen molar-refractivity contribution in [1.29, 1.82) is 10.5 Å².